The van der Waals surface area contributed by atoms with Crippen molar-refractivity contribution in [3.63, 3.8) is 0 Å². The van der Waals surface area contributed by atoms with Crippen LogP contribution in [0.5, 0.6) is 0 Å². The summed E-state index contributed by atoms with van der Waals surface area (Å²) in [4.78, 5) is 7.35. The Kier molecular flexibility index (Phi) is 5.73. The molecular weight excluding hydrogens is 387 g/mol. The van der Waals surface area contributed by atoms with E-state index in [0.29, 0.717) is 5.41 Å². The first-order valence-corrected chi connectivity index (χ1v) is 11.2. The molecule has 1 saturated heterocycles. The summed E-state index contributed by atoms with van der Waals surface area (Å²) in [6, 6.07) is 15.0. The van der Waals surface area contributed by atoms with Gasteiger partial charge in [-0.25, -0.2) is 14.1 Å². The van der Waals surface area contributed by atoms with Crippen LogP contribution in [0.3, 0.4) is 0 Å². The topological polar surface area (TPSA) is 34.0 Å². The monoisotopic (exact) mass is 420 g/mol. The van der Waals surface area contributed by atoms with Crippen LogP contribution in [-0.4, -0.2) is 32.8 Å². The van der Waals surface area contributed by atoms with Crippen molar-refractivity contribution in [2.24, 2.45) is 5.41 Å². The predicted molar refractivity (Wildman–Crippen MR) is 124 cm³/mol. The van der Waals surface area contributed by atoms with Crippen molar-refractivity contribution < 1.29 is 4.39 Å². The zero-order valence-electron chi connectivity index (χ0n) is 19.3. The lowest BCUT2D eigenvalue weighted by molar-refractivity contribution is 0.124. The molecule has 1 aliphatic rings. The predicted octanol–water partition coefficient (Wildman–Crippen LogP) is 5.99. The van der Waals surface area contributed by atoms with E-state index < -0.39 is 0 Å². The molecule has 0 amide bonds. The molecule has 0 saturated carbocycles. The van der Waals surface area contributed by atoms with E-state index in [-0.39, 0.29) is 11.2 Å². The standard InChI is InChI=1S/C26H33FN4/c1-25(2,3)20-8-6-19(7-9-20)24-28-23(18-30-16-14-26(4,5)15-17-30)29-31(24)22-12-10-21(27)11-13-22/h6-13H,14-18H2,1-5H3. The summed E-state index contributed by atoms with van der Waals surface area (Å²) in [6.07, 6.45) is 2.37. The summed E-state index contributed by atoms with van der Waals surface area (Å²) in [5, 5.41) is 4.83. The molecule has 4 nitrogen and oxygen atoms in total. The van der Waals surface area contributed by atoms with Crippen LogP contribution in [0.4, 0.5) is 4.39 Å². The SMILES string of the molecule is CC1(C)CCN(Cc2nc(-c3ccc(C(C)(C)C)cc3)n(-c3ccc(F)cc3)n2)CC1. The van der Waals surface area contributed by atoms with Crippen LogP contribution in [0.15, 0.2) is 48.5 Å². The number of benzene rings is 2. The van der Waals surface area contributed by atoms with Gasteiger partial charge in [0.15, 0.2) is 11.6 Å². The molecule has 0 atom stereocenters. The highest BCUT2D eigenvalue weighted by molar-refractivity contribution is 5.59. The van der Waals surface area contributed by atoms with Gasteiger partial charge in [-0.2, -0.15) is 0 Å². The normalized spacial score (nSPS) is 17.1. The van der Waals surface area contributed by atoms with Gasteiger partial charge in [0.05, 0.1) is 12.2 Å². The van der Waals surface area contributed by atoms with E-state index >= 15 is 0 Å². The Morgan fingerprint density at radius 2 is 1.55 bits per heavy atom. The Bertz CT molecular complexity index is 1020. The lowest BCUT2D eigenvalue weighted by atomic mass is 9.83. The fraction of sp³-hybridized carbons (Fsp3) is 0.462. The Labute approximate surface area is 185 Å². The summed E-state index contributed by atoms with van der Waals surface area (Å²) in [7, 11) is 0. The zero-order chi connectivity index (χ0) is 22.2. The van der Waals surface area contributed by atoms with Crippen LogP contribution >= 0.6 is 0 Å². The maximum absolute atomic E-state index is 13.5. The maximum Gasteiger partial charge on any atom is 0.165 e. The van der Waals surface area contributed by atoms with Crippen molar-refractivity contribution in [2.45, 2.75) is 59.4 Å². The Hall–Kier alpha value is -2.53. The number of likely N-dealkylation sites (tertiary alicyclic amines) is 1. The molecule has 1 aromatic heterocycles. The van der Waals surface area contributed by atoms with Crippen molar-refractivity contribution in [3.8, 4) is 17.1 Å². The van der Waals surface area contributed by atoms with Gasteiger partial charge in [-0.1, -0.05) is 58.9 Å². The van der Waals surface area contributed by atoms with Crippen molar-refractivity contribution in [3.05, 3.63) is 65.7 Å². The number of piperidine rings is 1. The first kappa shape index (κ1) is 21.7. The van der Waals surface area contributed by atoms with Crippen LogP contribution in [0.2, 0.25) is 0 Å². The molecule has 0 bridgehead atoms. The first-order valence-electron chi connectivity index (χ1n) is 11.2. The van der Waals surface area contributed by atoms with E-state index in [9.17, 15) is 4.39 Å². The number of hydrogen-bond donors (Lipinski definition) is 0. The van der Waals surface area contributed by atoms with E-state index in [1.165, 1.54) is 30.5 Å². The van der Waals surface area contributed by atoms with Crippen LogP contribution < -0.4 is 0 Å². The molecule has 31 heavy (non-hydrogen) atoms. The minimum absolute atomic E-state index is 0.0936. The lowest BCUT2D eigenvalue weighted by Gasteiger charge is -2.36. The third-order valence-corrected chi connectivity index (χ3v) is 6.31. The smallest absolute Gasteiger partial charge is 0.165 e. The van der Waals surface area contributed by atoms with E-state index in [0.717, 1.165) is 42.5 Å². The molecule has 164 valence electrons. The molecular formula is C26H33FN4. The van der Waals surface area contributed by atoms with Gasteiger partial charge in [-0.15, -0.1) is 5.10 Å². The molecule has 0 N–H and O–H groups in total. The number of rotatable bonds is 4. The van der Waals surface area contributed by atoms with Crippen molar-refractivity contribution in [1.82, 2.24) is 19.7 Å². The molecule has 0 radical (unpaired) electrons. The molecule has 3 aromatic rings. The molecule has 2 heterocycles. The molecule has 0 aliphatic carbocycles. The summed E-state index contributed by atoms with van der Waals surface area (Å²) in [5.41, 5.74) is 3.61. The van der Waals surface area contributed by atoms with Gasteiger partial charge in [0.25, 0.3) is 0 Å². The summed E-state index contributed by atoms with van der Waals surface area (Å²) in [6.45, 7) is 14.2. The average Bonchev–Trinajstić information content (AvgIpc) is 3.13. The van der Waals surface area contributed by atoms with Crippen LogP contribution in [0, 0.1) is 11.2 Å². The second-order valence-corrected chi connectivity index (χ2v) is 10.5. The minimum Gasteiger partial charge on any atom is -0.296 e. The van der Waals surface area contributed by atoms with Crippen LogP contribution in [0.25, 0.3) is 17.1 Å². The Morgan fingerprint density at radius 3 is 2.13 bits per heavy atom. The highest BCUT2D eigenvalue weighted by atomic mass is 19.1. The van der Waals surface area contributed by atoms with Crippen molar-refractivity contribution in [2.75, 3.05) is 13.1 Å². The molecule has 0 spiro atoms. The third-order valence-electron chi connectivity index (χ3n) is 6.31. The second-order valence-electron chi connectivity index (χ2n) is 10.5. The fourth-order valence-electron chi connectivity index (χ4n) is 4.01. The van der Waals surface area contributed by atoms with E-state index in [2.05, 4.69) is 63.8 Å². The number of halogens is 1. The van der Waals surface area contributed by atoms with Gasteiger partial charge >= 0.3 is 0 Å². The van der Waals surface area contributed by atoms with Crippen LogP contribution in [0.1, 0.15) is 58.8 Å². The lowest BCUT2D eigenvalue weighted by Crippen LogP contribution is -2.37. The maximum atomic E-state index is 13.5. The van der Waals surface area contributed by atoms with Gasteiger partial charge in [-0.3, -0.25) is 4.90 Å². The molecule has 4 rings (SSSR count). The number of hydrogen-bond acceptors (Lipinski definition) is 3. The summed E-state index contributed by atoms with van der Waals surface area (Å²) >= 11 is 0. The van der Waals surface area contributed by atoms with Gasteiger partial charge < -0.3 is 0 Å². The quantitative estimate of drug-likeness (QED) is 0.520. The van der Waals surface area contributed by atoms with Crippen molar-refractivity contribution >= 4 is 0 Å². The van der Waals surface area contributed by atoms with Crippen molar-refractivity contribution in [1.29, 1.82) is 0 Å². The summed E-state index contributed by atoms with van der Waals surface area (Å²) in [5.74, 6) is 1.34. The molecule has 1 aliphatic heterocycles. The summed E-state index contributed by atoms with van der Waals surface area (Å²) < 4.78 is 15.3. The third kappa shape index (κ3) is 5.04. The van der Waals surface area contributed by atoms with E-state index in [1.54, 1.807) is 12.1 Å². The molecule has 0 unspecified atom stereocenters. The van der Waals surface area contributed by atoms with Gasteiger partial charge in [0.2, 0.25) is 0 Å². The largest absolute Gasteiger partial charge is 0.296 e. The zero-order valence-corrected chi connectivity index (χ0v) is 19.3. The fourth-order valence-corrected chi connectivity index (χ4v) is 4.01. The van der Waals surface area contributed by atoms with E-state index in [4.69, 9.17) is 10.1 Å². The van der Waals surface area contributed by atoms with Gasteiger partial charge in [-0.05, 0) is 66.6 Å². The highest BCUT2D eigenvalue weighted by Crippen LogP contribution is 2.31. The number of nitrogens with zero attached hydrogens (tertiary/aromatic N) is 4. The van der Waals surface area contributed by atoms with Crippen LogP contribution in [-0.2, 0) is 12.0 Å². The van der Waals surface area contributed by atoms with Gasteiger partial charge in [0, 0.05) is 5.56 Å². The first-order chi connectivity index (χ1) is 14.6. The minimum atomic E-state index is -0.254. The van der Waals surface area contributed by atoms with E-state index in [1.807, 2.05) is 4.68 Å². The van der Waals surface area contributed by atoms with Gasteiger partial charge in [0.1, 0.15) is 5.82 Å². The Morgan fingerprint density at radius 1 is 0.935 bits per heavy atom. The number of aromatic nitrogens is 3. The molecule has 1 fully saturated rings. The molecule has 5 heteroatoms. The second kappa shape index (κ2) is 8.19. The highest BCUT2D eigenvalue weighted by Gasteiger charge is 2.26. The molecule has 2 aromatic carbocycles. The average molecular weight is 421 g/mol. The Balaban J connectivity index is 1.66.